The SMILES string of the molecule is CC(C)c1nn2cccc(C(F)(F)F)c2c1-c1ccc2c(cnn2C)c1. The van der Waals surface area contributed by atoms with E-state index in [4.69, 9.17) is 0 Å². The zero-order valence-corrected chi connectivity index (χ0v) is 14.5. The van der Waals surface area contributed by atoms with Crippen molar-refractivity contribution in [1.29, 1.82) is 0 Å². The highest BCUT2D eigenvalue weighted by atomic mass is 19.4. The van der Waals surface area contributed by atoms with Crippen molar-refractivity contribution in [2.45, 2.75) is 25.9 Å². The first-order valence-corrected chi connectivity index (χ1v) is 8.28. The summed E-state index contributed by atoms with van der Waals surface area (Å²) in [7, 11) is 1.83. The Balaban J connectivity index is 2.10. The number of benzene rings is 1. The van der Waals surface area contributed by atoms with Crippen molar-refractivity contribution in [3.8, 4) is 11.1 Å². The molecule has 0 bridgehead atoms. The smallest absolute Gasteiger partial charge is 0.268 e. The van der Waals surface area contributed by atoms with Crippen LogP contribution in [0.1, 0.15) is 31.0 Å². The maximum absolute atomic E-state index is 13.6. The Kier molecular flexibility index (Phi) is 3.57. The van der Waals surface area contributed by atoms with E-state index in [1.54, 1.807) is 17.1 Å². The number of aromatic nitrogens is 4. The van der Waals surface area contributed by atoms with E-state index in [-0.39, 0.29) is 11.4 Å². The summed E-state index contributed by atoms with van der Waals surface area (Å²) in [5.74, 6) is -0.0180. The predicted octanol–water partition coefficient (Wildman–Crippen LogP) is 5.03. The zero-order valence-electron chi connectivity index (χ0n) is 14.5. The molecule has 7 heteroatoms. The Morgan fingerprint density at radius 3 is 2.58 bits per heavy atom. The molecule has 0 radical (unpaired) electrons. The minimum atomic E-state index is -4.45. The quantitative estimate of drug-likeness (QED) is 0.504. The third-order valence-electron chi connectivity index (χ3n) is 4.57. The maximum Gasteiger partial charge on any atom is 0.418 e. The van der Waals surface area contributed by atoms with Gasteiger partial charge >= 0.3 is 6.18 Å². The van der Waals surface area contributed by atoms with Crippen LogP contribution in [0.3, 0.4) is 0 Å². The number of fused-ring (bicyclic) bond motifs is 2. The average molecular weight is 358 g/mol. The molecule has 3 heterocycles. The third kappa shape index (κ3) is 2.46. The van der Waals surface area contributed by atoms with Crippen LogP contribution in [0.2, 0.25) is 0 Å². The topological polar surface area (TPSA) is 35.1 Å². The fourth-order valence-electron chi connectivity index (χ4n) is 3.35. The van der Waals surface area contributed by atoms with Gasteiger partial charge in [0.05, 0.1) is 28.5 Å². The molecular weight excluding hydrogens is 341 g/mol. The van der Waals surface area contributed by atoms with Gasteiger partial charge in [0.1, 0.15) is 0 Å². The van der Waals surface area contributed by atoms with Gasteiger partial charge in [-0.15, -0.1) is 0 Å². The largest absolute Gasteiger partial charge is 0.418 e. The van der Waals surface area contributed by atoms with Crippen LogP contribution in [0.15, 0.2) is 42.7 Å². The molecule has 134 valence electrons. The van der Waals surface area contributed by atoms with E-state index < -0.39 is 11.7 Å². The van der Waals surface area contributed by atoms with Crippen molar-refractivity contribution in [3.63, 3.8) is 0 Å². The summed E-state index contributed by atoms with van der Waals surface area (Å²) in [6.45, 7) is 3.86. The molecule has 0 fully saturated rings. The fourth-order valence-corrected chi connectivity index (χ4v) is 3.35. The Hall–Kier alpha value is -2.83. The number of pyridine rings is 1. The van der Waals surface area contributed by atoms with Crippen LogP contribution < -0.4 is 0 Å². The second-order valence-electron chi connectivity index (χ2n) is 6.67. The lowest BCUT2D eigenvalue weighted by atomic mass is 9.96. The Morgan fingerprint density at radius 1 is 1.12 bits per heavy atom. The lowest BCUT2D eigenvalue weighted by molar-refractivity contribution is -0.136. The number of aryl methyl sites for hydroxylation is 1. The first-order chi connectivity index (χ1) is 12.3. The molecule has 26 heavy (non-hydrogen) atoms. The second-order valence-corrected chi connectivity index (χ2v) is 6.67. The predicted molar refractivity (Wildman–Crippen MR) is 94.0 cm³/mol. The normalized spacial score (nSPS) is 12.6. The number of hydrogen-bond acceptors (Lipinski definition) is 2. The summed E-state index contributed by atoms with van der Waals surface area (Å²) < 4.78 is 43.9. The van der Waals surface area contributed by atoms with Gasteiger partial charge in [-0.25, -0.2) is 4.52 Å². The van der Waals surface area contributed by atoms with Crippen molar-refractivity contribution in [2.75, 3.05) is 0 Å². The van der Waals surface area contributed by atoms with E-state index in [0.717, 1.165) is 17.0 Å². The third-order valence-corrected chi connectivity index (χ3v) is 4.57. The minimum absolute atomic E-state index is 0.0180. The number of nitrogens with zero attached hydrogens (tertiary/aromatic N) is 4. The standard InChI is InChI=1S/C19H17F3N4/c1-11(2)17-16(12-6-7-15-13(9-12)10-23-25(15)3)18-14(19(20,21)22)5-4-8-26(18)24-17/h4-11H,1-3H3. The number of halogens is 3. The highest BCUT2D eigenvalue weighted by molar-refractivity contribution is 5.91. The molecule has 0 amide bonds. The minimum Gasteiger partial charge on any atom is -0.268 e. The lowest BCUT2D eigenvalue weighted by Gasteiger charge is -2.11. The molecule has 0 aliphatic rings. The van der Waals surface area contributed by atoms with Gasteiger partial charge in [-0.05, 0) is 35.7 Å². The summed E-state index contributed by atoms with van der Waals surface area (Å²) in [5.41, 5.74) is 2.21. The maximum atomic E-state index is 13.6. The molecule has 1 aromatic carbocycles. The summed E-state index contributed by atoms with van der Waals surface area (Å²) in [5, 5.41) is 9.53. The molecule has 4 aromatic rings. The van der Waals surface area contributed by atoms with Crippen LogP contribution in [-0.4, -0.2) is 19.4 Å². The van der Waals surface area contributed by atoms with Gasteiger partial charge in [0.25, 0.3) is 0 Å². The molecule has 0 unspecified atom stereocenters. The van der Waals surface area contributed by atoms with E-state index in [1.807, 2.05) is 39.1 Å². The Labute approximate surface area is 147 Å². The number of rotatable bonds is 2. The summed E-state index contributed by atoms with van der Waals surface area (Å²) >= 11 is 0. The monoisotopic (exact) mass is 358 g/mol. The van der Waals surface area contributed by atoms with Crippen LogP contribution in [-0.2, 0) is 13.2 Å². The van der Waals surface area contributed by atoms with E-state index in [0.29, 0.717) is 16.8 Å². The van der Waals surface area contributed by atoms with Gasteiger partial charge in [0, 0.05) is 24.2 Å². The Morgan fingerprint density at radius 2 is 1.88 bits per heavy atom. The van der Waals surface area contributed by atoms with Crippen molar-refractivity contribution >= 4 is 16.4 Å². The fraction of sp³-hybridized carbons (Fsp3) is 0.263. The van der Waals surface area contributed by atoms with Crippen molar-refractivity contribution in [1.82, 2.24) is 19.4 Å². The van der Waals surface area contributed by atoms with Gasteiger partial charge < -0.3 is 0 Å². The molecule has 4 nitrogen and oxygen atoms in total. The first-order valence-electron chi connectivity index (χ1n) is 8.28. The van der Waals surface area contributed by atoms with Crippen molar-refractivity contribution in [3.05, 3.63) is 54.0 Å². The van der Waals surface area contributed by atoms with E-state index in [2.05, 4.69) is 10.2 Å². The highest BCUT2D eigenvalue weighted by Crippen LogP contribution is 2.40. The zero-order chi connectivity index (χ0) is 18.6. The van der Waals surface area contributed by atoms with E-state index in [9.17, 15) is 13.2 Å². The molecular formula is C19H17F3N4. The lowest BCUT2D eigenvalue weighted by Crippen LogP contribution is -2.07. The first kappa shape index (κ1) is 16.6. The molecule has 3 aromatic heterocycles. The number of hydrogen-bond donors (Lipinski definition) is 0. The highest BCUT2D eigenvalue weighted by Gasteiger charge is 2.35. The van der Waals surface area contributed by atoms with Crippen molar-refractivity contribution < 1.29 is 13.2 Å². The molecule has 0 aliphatic carbocycles. The second kappa shape index (κ2) is 5.59. The summed E-state index contributed by atoms with van der Waals surface area (Å²) in [6.07, 6.45) is -1.18. The average Bonchev–Trinajstić information content (AvgIpc) is 3.14. The number of alkyl halides is 3. The summed E-state index contributed by atoms with van der Waals surface area (Å²) in [6, 6.07) is 8.06. The molecule has 4 rings (SSSR count). The van der Waals surface area contributed by atoms with Crippen LogP contribution in [0.4, 0.5) is 13.2 Å². The Bertz CT molecular complexity index is 1120. The van der Waals surface area contributed by atoms with Crippen LogP contribution in [0.25, 0.3) is 27.5 Å². The van der Waals surface area contributed by atoms with Crippen LogP contribution >= 0.6 is 0 Å². The van der Waals surface area contributed by atoms with Crippen LogP contribution in [0, 0.1) is 0 Å². The molecule has 0 N–H and O–H groups in total. The summed E-state index contributed by atoms with van der Waals surface area (Å²) in [4.78, 5) is 0. The molecule has 0 aliphatic heterocycles. The van der Waals surface area contributed by atoms with E-state index in [1.165, 1.54) is 10.6 Å². The van der Waals surface area contributed by atoms with Gasteiger partial charge in [-0.2, -0.15) is 23.4 Å². The van der Waals surface area contributed by atoms with Gasteiger partial charge in [-0.1, -0.05) is 19.9 Å². The van der Waals surface area contributed by atoms with Crippen LogP contribution in [0.5, 0.6) is 0 Å². The molecule has 0 atom stereocenters. The van der Waals surface area contributed by atoms with E-state index >= 15 is 0 Å². The molecule has 0 saturated heterocycles. The van der Waals surface area contributed by atoms with Gasteiger partial charge in [-0.3, -0.25) is 4.68 Å². The molecule has 0 spiro atoms. The van der Waals surface area contributed by atoms with Crippen molar-refractivity contribution in [2.24, 2.45) is 7.05 Å². The van der Waals surface area contributed by atoms with Gasteiger partial charge in [0.15, 0.2) is 0 Å². The molecule has 0 saturated carbocycles. The van der Waals surface area contributed by atoms with Gasteiger partial charge in [0.2, 0.25) is 0 Å².